The molecule has 0 heterocycles. The molecule has 0 spiro atoms. The van der Waals surface area contributed by atoms with Crippen molar-refractivity contribution in [2.45, 2.75) is 19.9 Å². The van der Waals surface area contributed by atoms with Crippen LogP contribution in [0.25, 0.3) is 0 Å². The van der Waals surface area contributed by atoms with E-state index in [0.29, 0.717) is 6.04 Å². The molecule has 0 rings (SSSR count). The minimum Gasteiger partial charge on any atom is -0.444 e. The quantitative estimate of drug-likeness (QED) is 0.272. The fourth-order valence-electron chi connectivity index (χ4n) is 0.372. The predicted molar refractivity (Wildman–Crippen MR) is 41.4 cm³/mol. The summed E-state index contributed by atoms with van der Waals surface area (Å²) in [5, 5.41) is 12.2. The third kappa shape index (κ3) is 38.3. The Labute approximate surface area is 89.0 Å². The first-order chi connectivity index (χ1) is 4.68. The van der Waals surface area contributed by atoms with Gasteiger partial charge in [-0.3, -0.25) is 0 Å². The molecule has 0 saturated heterocycles. The van der Waals surface area contributed by atoms with Crippen LogP contribution in [0.2, 0.25) is 0 Å². The number of nitrogens with two attached hydrogens (primary N) is 1. The van der Waals surface area contributed by atoms with Gasteiger partial charge in [-0.2, -0.15) is 0 Å². The Morgan fingerprint density at radius 2 is 2.00 bits per heavy atom. The third-order valence-corrected chi connectivity index (χ3v) is 0.697. The number of hydrogen-bond acceptors (Lipinski definition) is 5. The molecule has 11 heavy (non-hydrogen) atoms. The van der Waals surface area contributed by atoms with Crippen LogP contribution >= 0.6 is 0 Å². The molecule has 0 aromatic rings. The zero-order chi connectivity index (χ0) is 8.41. The molecule has 0 radical (unpaired) electrons. The average Bonchev–Trinajstić information content (AvgIpc) is 1.85. The van der Waals surface area contributed by atoms with E-state index >= 15 is 0 Å². The SMILES string of the molecule is CC(C)NCCN.O=N[O-].[Na+]. The van der Waals surface area contributed by atoms with Gasteiger partial charge in [0.1, 0.15) is 0 Å². The van der Waals surface area contributed by atoms with Crippen LogP contribution in [0.4, 0.5) is 0 Å². The van der Waals surface area contributed by atoms with Gasteiger partial charge >= 0.3 is 29.6 Å². The summed E-state index contributed by atoms with van der Waals surface area (Å²) in [7, 11) is 0. The van der Waals surface area contributed by atoms with Crippen LogP contribution in [-0.2, 0) is 0 Å². The number of rotatable bonds is 3. The molecule has 6 heteroatoms. The fraction of sp³-hybridized carbons (Fsp3) is 1.00. The average molecular weight is 171 g/mol. The van der Waals surface area contributed by atoms with E-state index in [2.05, 4.69) is 19.2 Å². The van der Waals surface area contributed by atoms with Crippen LogP contribution in [-0.4, -0.2) is 19.1 Å². The van der Waals surface area contributed by atoms with Crippen LogP contribution < -0.4 is 40.6 Å². The molecule has 0 aromatic carbocycles. The summed E-state index contributed by atoms with van der Waals surface area (Å²) in [5.74, 6) is 0. The van der Waals surface area contributed by atoms with E-state index in [1.54, 1.807) is 0 Å². The number of hydrogen-bond donors (Lipinski definition) is 2. The van der Waals surface area contributed by atoms with E-state index < -0.39 is 0 Å². The van der Waals surface area contributed by atoms with Gasteiger partial charge < -0.3 is 21.2 Å². The molecule has 0 unspecified atom stereocenters. The van der Waals surface area contributed by atoms with Gasteiger partial charge in [0.05, 0.1) is 0 Å². The maximum Gasteiger partial charge on any atom is 1.00 e. The van der Waals surface area contributed by atoms with Crippen molar-refractivity contribution in [1.29, 1.82) is 0 Å². The monoisotopic (exact) mass is 171 g/mol. The van der Waals surface area contributed by atoms with Gasteiger partial charge in [0, 0.05) is 19.1 Å². The van der Waals surface area contributed by atoms with E-state index in [0.717, 1.165) is 18.4 Å². The second-order valence-corrected chi connectivity index (χ2v) is 1.97. The molecule has 0 atom stereocenters. The molecular weight excluding hydrogens is 157 g/mol. The van der Waals surface area contributed by atoms with E-state index in [1.807, 2.05) is 0 Å². The van der Waals surface area contributed by atoms with Crippen LogP contribution in [0.5, 0.6) is 0 Å². The van der Waals surface area contributed by atoms with Crippen LogP contribution in [0, 0.1) is 10.1 Å². The first-order valence-electron chi connectivity index (χ1n) is 3.07. The zero-order valence-corrected chi connectivity index (χ0v) is 9.33. The first kappa shape index (κ1) is 17.4. The Morgan fingerprint density at radius 1 is 1.64 bits per heavy atom. The van der Waals surface area contributed by atoms with Gasteiger partial charge in [0.2, 0.25) is 0 Å². The summed E-state index contributed by atoms with van der Waals surface area (Å²) < 4.78 is 0. The van der Waals surface area contributed by atoms with Crippen molar-refractivity contribution >= 4 is 0 Å². The molecule has 0 aliphatic carbocycles. The Kier molecular flexibility index (Phi) is 26.5. The van der Waals surface area contributed by atoms with Crippen molar-refractivity contribution in [3.63, 3.8) is 0 Å². The van der Waals surface area contributed by atoms with E-state index in [1.165, 1.54) is 0 Å². The van der Waals surface area contributed by atoms with Crippen LogP contribution in [0.15, 0.2) is 5.34 Å². The normalized spacial score (nSPS) is 7.64. The largest absolute Gasteiger partial charge is 1.00 e. The van der Waals surface area contributed by atoms with E-state index in [9.17, 15) is 0 Å². The van der Waals surface area contributed by atoms with Gasteiger partial charge in [0.15, 0.2) is 0 Å². The van der Waals surface area contributed by atoms with Crippen molar-refractivity contribution < 1.29 is 29.6 Å². The maximum absolute atomic E-state index is 8.00. The second-order valence-electron chi connectivity index (χ2n) is 1.97. The first-order valence-corrected chi connectivity index (χ1v) is 3.07. The molecule has 3 N–H and O–H groups in total. The Bertz CT molecular complexity index is 72.7. The molecule has 0 fully saturated rings. The molecule has 0 bridgehead atoms. The van der Waals surface area contributed by atoms with Crippen molar-refractivity contribution in [3.05, 3.63) is 10.1 Å². The topological polar surface area (TPSA) is 90.5 Å². The summed E-state index contributed by atoms with van der Waals surface area (Å²) in [6.45, 7) is 5.88. The Balaban J connectivity index is -0.000000140. The number of nitrogens with one attached hydrogen (secondary N) is 1. The van der Waals surface area contributed by atoms with E-state index in [4.69, 9.17) is 15.8 Å². The molecule has 62 valence electrons. The minimum atomic E-state index is 0. The molecule has 0 aliphatic heterocycles. The van der Waals surface area contributed by atoms with Crippen molar-refractivity contribution in [1.82, 2.24) is 5.32 Å². The maximum atomic E-state index is 8.00. The van der Waals surface area contributed by atoms with Crippen LogP contribution in [0.3, 0.4) is 0 Å². The molecule has 0 aromatic heterocycles. The summed E-state index contributed by atoms with van der Waals surface area (Å²) >= 11 is 0. The third-order valence-electron chi connectivity index (χ3n) is 0.697. The number of nitrogens with zero attached hydrogens (tertiary/aromatic N) is 1. The molecular formula is C5H14N3NaO2. The summed E-state index contributed by atoms with van der Waals surface area (Å²) in [4.78, 5) is 8.00. The van der Waals surface area contributed by atoms with Crippen molar-refractivity contribution in [2.24, 2.45) is 11.1 Å². The van der Waals surface area contributed by atoms with Crippen LogP contribution in [0.1, 0.15) is 13.8 Å². The predicted octanol–water partition coefficient (Wildman–Crippen LogP) is -2.80. The second kappa shape index (κ2) is 16.7. The van der Waals surface area contributed by atoms with E-state index in [-0.39, 0.29) is 29.6 Å². The fourth-order valence-corrected chi connectivity index (χ4v) is 0.372. The molecule has 5 nitrogen and oxygen atoms in total. The van der Waals surface area contributed by atoms with Crippen molar-refractivity contribution in [2.75, 3.05) is 13.1 Å². The standard InChI is InChI=1S/C5H14N2.HNO2.Na/c1-5(2)7-4-3-6;2-1-3;/h5,7H,3-4,6H2,1-2H3;(H,2,3);/q;;+1/p-1. The summed E-state index contributed by atoms with van der Waals surface area (Å²) in [5.41, 5.74) is 5.21. The molecule has 0 saturated carbocycles. The minimum absolute atomic E-state index is 0. The van der Waals surface area contributed by atoms with Gasteiger partial charge in [-0.1, -0.05) is 13.8 Å². The Morgan fingerprint density at radius 3 is 2.09 bits per heavy atom. The smallest absolute Gasteiger partial charge is 0.444 e. The summed E-state index contributed by atoms with van der Waals surface area (Å²) in [6.07, 6.45) is 0. The zero-order valence-electron chi connectivity index (χ0n) is 7.33. The van der Waals surface area contributed by atoms with Gasteiger partial charge in [-0.05, 0) is 0 Å². The summed E-state index contributed by atoms with van der Waals surface area (Å²) in [6, 6.07) is 0.573. The Hall–Kier alpha value is 0.320. The van der Waals surface area contributed by atoms with Gasteiger partial charge in [0.25, 0.3) is 0 Å². The molecule has 0 aliphatic rings. The van der Waals surface area contributed by atoms with Gasteiger partial charge in [-0.25, -0.2) is 0 Å². The van der Waals surface area contributed by atoms with Gasteiger partial charge in [-0.15, -0.1) is 5.34 Å². The molecule has 0 amide bonds. The van der Waals surface area contributed by atoms with Crippen molar-refractivity contribution in [3.8, 4) is 0 Å².